The van der Waals surface area contributed by atoms with Crippen LogP contribution in [0, 0.1) is 5.92 Å². The maximum atomic E-state index is 11.2. The summed E-state index contributed by atoms with van der Waals surface area (Å²) in [6.07, 6.45) is 2.85. The summed E-state index contributed by atoms with van der Waals surface area (Å²) in [4.78, 5) is 23.7. The highest BCUT2D eigenvalue weighted by molar-refractivity contribution is 6.01. The normalized spacial score (nSPS) is 17.6. The number of nitrogens with zero attached hydrogens (tertiary/aromatic N) is 1. The molecule has 0 radical (unpaired) electrons. The Kier molecular flexibility index (Phi) is 3.46. The summed E-state index contributed by atoms with van der Waals surface area (Å²) >= 11 is 0. The molecule has 0 saturated carbocycles. The SMILES string of the molecule is CC(C)CCCN1C(=O)CCC1=O. The zero-order valence-electron chi connectivity index (χ0n) is 8.38. The van der Waals surface area contributed by atoms with Gasteiger partial charge in [-0.1, -0.05) is 13.8 Å². The van der Waals surface area contributed by atoms with E-state index < -0.39 is 0 Å². The third-order valence-electron chi connectivity index (χ3n) is 2.32. The van der Waals surface area contributed by atoms with E-state index >= 15 is 0 Å². The quantitative estimate of drug-likeness (QED) is 0.620. The lowest BCUT2D eigenvalue weighted by atomic mass is 10.1. The molecule has 1 fully saturated rings. The molecule has 0 N–H and O–H groups in total. The highest BCUT2D eigenvalue weighted by atomic mass is 16.2. The van der Waals surface area contributed by atoms with Crippen molar-refractivity contribution in [3.8, 4) is 0 Å². The van der Waals surface area contributed by atoms with Gasteiger partial charge in [-0.3, -0.25) is 14.5 Å². The second-order valence-corrected chi connectivity index (χ2v) is 3.98. The zero-order chi connectivity index (χ0) is 9.84. The van der Waals surface area contributed by atoms with Gasteiger partial charge in [-0.25, -0.2) is 0 Å². The van der Waals surface area contributed by atoms with E-state index in [0.717, 1.165) is 12.8 Å². The van der Waals surface area contributed by atoms with Crippen molar-refractivity contribution in [2.75, 3.05) is 6.54 Å². The van der Waals surface area contributed by atoms with Crippen LogP contribution in [0.4, 0.5) is 0 Å². The van der Waals surface area contributed by atoms with Gasteiger partial charge in [0.15, 0.2) is 0 Å². The van der Waals surface area contributed by atoms with Crippen molar-refractivity contribution in [1.29, 1.82) is 0 Å². The molecule has 0 unspecified atom stereocenters. The summed E-state index contributed by atoms with van der Waals surface area (Å²) in [7, 11) is 0. The van der Waals surface area contributed by atoms with E-state index in [2.05, 4.69) is 13.8 Å². The Labute approximate surface area is 79.1 Å². The van der Waals surface area contributed by atoms with Gasteiger partial charge in [-0.05, 0) is 18.8 Å². The summed E-state index contributed by atoms with van der Waals surface area (Å²) in [6, 6.07) is 0. The van der Waals surface area contributed by atoms with Crippen LogP contribution in [0.2, 0.25) is 0 Å². The molecular weight excluding hydrogens is 166 g/mol. The van der Waals surface area contributed by atoms with Gasteiger partial charge in [0.1, 0.15) is 0 Å². The fraction of sp³-hybridized carbons (Fsp3) is 0.800. The van der Waals surface area contributed by atoms with Crippen molar-refractivity contribution in [2.45, 2.75) is 39.5 Å². The Bertz CT molecular complexity index is 195. The first-order valence-corrected chi connectivity index (χ1v) is 4.94. The lowest BCUT2D eigenvalue weighted by molar-refractivity contribution is -0.138. The minimum Gasteiger partial charge on any atom is -0.283 e. The van der Waals surface area contributed by atoms with Crippen LogP contribution in [0.1, 0.15) is 39.5 Å². The third kappa shape index (κ3) is 2.83. The molecule has 13 heavy (non-hydrogen) atoms. The van der Waals surface area contributed by atoms with Gasteiger partial charge < -0.3 is 0 Å². The Hall–Kier alpha value is -0.860. The standard InChI is InChI=1S/C10H17NO2/c1-8(2)4-3-7-11-9(12)5-6-10(11)13/h8H,3-7H2,1-2H3. The van der Waals surface area contributed by atoms with Crippen LogP contribution in [0.3, 0.4) is 0 Å². The summed E-state index contributed by atoms with van der Waals surface area (Å²) in [5, 5.41) is 0. The van der Waals surface area contributed by atoms with Crippen LogP contribution in [0.25, 0.3) is 0 Å². The van der Waals surface area contributed by atoms with E-state index in [1.54, 1.807) is 0 Å². The summed E-state index contributed by atoms with van der Waals surface area (Å²) < 4.78 is 0. The monoisotopic (exact) mass is 183 g/mol. The Balaban J connectivity index is 2.27. The molecule has 1 aliphatic heterocycles. The zero-order valence-corrected chi connectivity index (χ0v) is 8.38. The Morgan fingerprint density at radius 3 is 2.23 bits per heavy atom. The predicted molar refractivity (Wildman–Crippen MR) is 50.0 cm³/mol. The molecule has 74 valence electrons. The average molecular weight is 183 g/mol. The third-order valence-corrected chi connectivity index (χ3v) is 2.32. The molecule has 0 aromatic heterocycles. The first-order valence-electron chi connectivity index (χ1n) is 4.94. The van der Waals surface area contributed by atoms with Gasteiger partial charge in [0.05, 0.1) is 0 Å². The minimum atomic E-state index is 0.00811. The summed E-state index contributed by atoms with van der Waals surface area (Å²) in [6.45, 7) is 4.91. The van der Waals surface area contributed by atoms with Crippen molar-refractivity contribution in [3.63, 3.8) is 0 Å². The van der Waals surface area contributed by atoms with Gasteiger partial charge in [0, 0.05) is 19.4 Å². The van der Waals surface area contributed by atoms with E-state index in [1.165, 1.54) is 4.90 Å². The molecule has 0 bridgehead atoms. The highest BCUT2D eigenvalue weighted by Crippen LogP contribution is 2.13. The number of hydrogen-bond acceptors (Lipinski definition) is 2. The number of hydrogen-bond donors (Lipinski definition) is 0. The molecule has 2 amide bonds. The molecule has 1 rings (SSSR count). The largest absolute Gasteiger partial charge is 0.283 e. The number of amides is 2. The average Bonchev–Trinajstić information content (AvgIpc) is 2.34. The van der Waals surface area contributed by atoms with Crippen molar-refractivity contribution in [1.82, 2.24) is 4.90 Å². The van der Waals surface area contributed by atoms with E-state index in [0.29, 0.717) is 25.3 Å². The molecule has 1 aliphatic rings. The van der Waals surface area contributed by atoms with Gasteiger partial charge in [0.2, 0.25) is 11.8 Å². The summed E-state index contributed by atoms with van der Waals surface area (Å²) in [5.74, 6) is 0.662. The van der Waals surface area contributed by atoms with Gasteiger partial charge in [-0.2, -0.15) is 0 Å². The molecule has 1 heterocycles. The minimum absolute atomic E-state index is 0.00811. The lowest BCUT2D eigenvalue weighted by Crippen LogP contribution is -2.30. The maximum Gasteiger partial charge on any atom is 0.229 e. The predicted octanol–water partition coefficient (Wildman–Crippen LogP) is 1.57. The Morgan fingerprint density at radius 2 is 1.77 bits per heavy atom. The second kappa shape index (κ2) is 4.40. The van der Waals surface area contributed by atoms with E-state index in [1.807, 2.05) is 0 Å². The lowest BCUT2D eigenvalue weighted by Gasteiger charge is -2.13. The van der Waals surface area contributed by atoms with Gasteiger partial charge in [-0.15, -0.1) is 0 Å². The second-order valence-electron chi connectivity index (χ2n) is 3.98. The molecular formula is C10H17NO2. The molecule has 0 atom stereocenters. The van der Waals surface area contributed by atoms with Crippen molar-refractivity contribution in [2.24, 2.45) is 5.92 Å². The molecule has 0 aromatic rings. The first-order chi connectivity index (χ1) is 6.11. The van der Waals surface area contributed by atoms with Crippen LogP contribution >= 0.6 is 0 Å². The van der Waals surface area contributed by atoms with Crippen molar-refractivity contribution < 1.29 is 9.59 Å². The van der Waals surface area contributed by atoms with Crippen molar-refractivity contribution in [3.05, 3.63) is 0 Å². The fourth-order valence-corrected chi connectivity index (χ4v) is 1.53. The van der Waals surface area contributed by atoms with Gasteiger partial charge in [0.25, 0.3) is 0 Å². The van der Waals surface area contributed by atoms with Crippen LogP contribution in [-0.2, 0) is 9.59 Å². The highest BCUT2D eigenvalue weighted by Gasteiger charge is 2.27. The first kappa shape index (κ1) is 10.2. The molecule has 0 aromatic carbocycles. The molecule has 1 saturated heterocycles. The molecule has 3 nitrogen and oxygen atoms in total. The van der Waals surface area contributed by atoms with Crippen molar-refractivity contribution >= 4 is 11.8 Å². The maximum absolute atomic E-state index is 11.2. The summed E-state index contributed by atoms with van der Waals surface area (Å²) in [5.41, 5.74) is 0. The van der Waals surface area contributed by atoms with Crippen LogP contribution in [-0.4, -0.2) is 23.3 Å². The molecule has 3 heteroatoms. The number of likely N-dealkylation sites (tertiary alicyclic amines) is 1. The number of carbonyl (C=O) groups excluding carboxylic acids is 2. The van der Waals surface area contributed by atoms with Crippen LogP contribution < -0.4 is 0 Å². The van der Waals surface area contributed by atoms with Gasteiger partial charge >= 0.3 is 0 Å². The number of imide groups is 1. The fourth-order valence-electron chi connectivity index (χ4n) is 1.53. The Morgan fingerprint density at radius 1 is 1.23 bits per heavy atom. The topological polar surface area (TPSA) is 37.4 Å². The van der Waals surface area contributed by atoms with Crippen LogP contribution in [0.5, 0.6) is 0 Å². The van der Waals surface area contributed by atoms with Crippen LogP contribution in [0.15, 0.2) is 0 Å². The molecule has 0 aliphatic carbocycles. The smallest absolute Gasteiger partial charge is 0.229 e. The number of rotatable bonds is 4. The van der Waals surface area contributed by atoms with E-state index in [-0.39, 0.29) is 11.8 Å². The van der Waals surface area contributed by atoms with E-state index in [9.17, 15) is 9.59 Å². The number of carbonyl (C=O) groups is 2. The molecule has 0 spiro atoms. The van der Waals surface area contributed by atoms with E-state index in [4.69, 9.17) is 0 Å².